The molecule has 2 atom stereocenters. The molecule has 8 N–H and O–H groups in total. The predicted octanol–water partition coefficient (Wildman–Crippen LogP) is 12.9. The van der Waals surface area contributed by atoms with E-state index in [4.69, 9.17) is 11.5 Å². The van der Waals surface area contributed by atoms with Gasteiger partial charge in [-0.1, -0.05) is 154 Å². The molecule has 0 bridgehead atoms. The lowest BCUT2D eigenvalue weighted by Gasteiger charge is -2.19. The number of amides is 4. The first kappa shape index (κ1) is 68.1. The molecule has 0 rings (SSSR count). The van der Waals surface area contributed by atoms with E-state index in [-0.39, 0.29) is 48.4 Å². The van der Waals surface area contributed by atoms with E-state index >= 15 is 0 Å². The monoisotopic (exact) mass is 973 g/mol. The normalized spacial score (nSPS) is 12.1. The van der Waals surface area contributed by atoms with Crippen LogP contribution in [-0.2, 0) is 19.2 Å². The third kappa shape index (κ3) is 48.3. The Bertz CT molecular complexity index is 1060. The van der Waals surface area contributed by atoms with Crippen LogP contribution in [0, 0.1) is 0 Å². The molecule has 0 aromatic heterocycles. The zero-order valence-electron chi connectivity index (χ0n) is 42.8. The van der Waals surface area contributed by atoms with E-state index in [1.807, 2.05) is 0 Å². The van der Waals surface area contributed by atoms with Crippen molar-refractivity contribution >= 4 is 48.4 Å². The summed E-state index contributed by atoms with van der Waals surface area (Å²) in [6.07, 6.45) is 49.8. The average molecular weight is 974 g/mol. The van der Waals surface area contributed by atoms with Crippen LogP contribution in [0.15, 0.2) is 24.3 Å². The fraction of sp³-hybridized carbons (Fsp3) is 0.852. The van der Waals surface area contributed by atoms with Crippen molar-refractivity contribution in [1.82, 2.24) is 21.3 Å². The van der Waals surface area contributed by atoms with Gasteiger partial charge in [0, 0.05) is 25.9 Å². The molecule has 0 saturated carbocycles. The molecule has 0 aliphatic heterocycles. The number of hydrogen-bond acceptors (Lipinski definition) is 6. The van der Waals surface area contributed by atoms with Crippen LogP contribution in [0.3, 0.4) is 0 Å². The first-order chi connectivity index (χ1) is 31.4. The molecule has 10 nitrogen and oxygen atoms in total. The molecule has 0 radical (unpaired) electrons. The van der Waals surface area contributed by atoms with Gasteiger partial charge in [0.25, 0.3) is 0 Å². The molecule has 12 heteroatoms. The second-order valence-corrected chi connectivity index (χ2v) is 18.5. The van der Waals surface area contributed by atoms with Crippen LogP contribution in [-0.4, -0.2) is 61.9 Å². The molecule has 390 valence electrons. The zero-order chi connectivity index (χ0) is 46.8. The van der Waals surface area contributed by atoms with E-state index in [9.17, 15) is 19.2 Å². The largest absolute Gasteiger partial charge is 0.354 e. The summed E-state index contributed by atoms with van der Waals surface area (Å²) in [6, 6.07) is -1.06. The van der Waals surface area contributed by atoms with Crippen LogP contribution >= 0.6 is 24.8 Å². The molecule has 2 unspecified atom stereocenters. The molecule has 0 saturated heterocycles. The van der Waals surface area contributed by atoms with E-state index in [1.54, 1.807) is 0 Å². The third-order valence-corrected chi connectivity index (χ3v) is 12.2. The van der Waals surface area contributed by atoms with Crippen LogP contribution in [0.5, 0.6) is 0 Å². The number of carbonyl (C=O) groups excluding carboxylic acids is 4. The maximum Gasteiger partial charge on any atom is 0.242 e. The van der Waals surface area contributed by atoms with Gasteiger partial charge in [-0.05, 0) is 129 Å². The Labute approximate surface area is 419 Å². The Hall–Kier alpha value is -2.14. The number of nitrogens with two attached hydrogens (primary N) is 2. The Balaban J connectivity index is -0.0000198. The van der Waals surface area contributed by atoms with E-state index < -0.39 is 12.1 Å². The van der Waals surface area contributed by atoms with Crippen molar-refractivity contribution in [3.63, 3.8) is 0 Å². The molecule has 0 aliphatic carbocycles. The topological polar surface area (TPSA) is 168 Å². The van der Waals surface area contributed by atoms with Crippen LogP contribution in [0.2, 0.25) is 0 Å². The van der Waals surface area contributed by atoms with Crippen molar-refractivity contribution in [3.8, 4) is 0 Å². The number of rotatable bonds is 49. The van der Waals surface area contributed by atoms with Crippen molar-refractivity contribution in [2.45, 2.75) is 270 Å². The van der Waals surface area contributed by atoms with Crippen molar-refractivity contribution in [3.05, 3.63) is 24.3 Å². The van der Waals surface area contributed by atoms with Gasteiger partial charge in [-0.25, -0.2) is 0 Å². The summed E-state index contributed by atoms with van der Waals surface area (Å²) in [5, 5.41) is 12.1. The Morgan fingerprint density at radius 1 is 0.379 bits per heavy atom. The highest BCUT2D eigenvalue weighted by Crippen LogP contribution is 2.13. The van der Waals surface area contributed by atoms with Crippen molar-refractivity contribution < 1.29 is 19.2 Å². The van der Waals surface area contributed by atoms with Crippen molar-refractivity contribution in [2.75, 3.05) is 26.2 Å². The van der Waals surface area contributed by atoms with Gasteiger partial charge in [0.2, 0.25) is 23.6 Å². The predicted molar refractivity (Wildman–Crippen MR) is 288 cm³/mol. The van der Waals surface area contributed by atoms with E-state index in [1.165, 1.54) is 116 Å². The zero-order valence-corrected chi connectivity index (χ0v) is 44.4. The van der Waals surface area contributed by atoms with Gasteiger partial charge in [0.05, 0.1) is 0 Å². The smallest absolute Gasteiger partial charge is 0.242 e. The summed E-state index contributed by atoms with van der Waals surface area (Å²) >= 11 is 0. The fourth-order valence-electron chi connectivity index (χ4n) is 8.04. The highest BCUT2D eigenvalue weighted by molar-refractivity contribution is 5.88. The SMILES string of the molecule is CCCCCCCC/C=C\CCCCCCCC(=O)NC(CCCCN)C(=O)NCCCCCCNC(=O)C(CCCCN)NC(=O)CCCCCCC/C=C\CCCCCCCC.Cl.Cl. The Morgan fingerprint density at radius 3 is 0.985 bits per heavy atom. The van der Waals surface area contributed by atoms with Crippen LogP contribution in [0.4, 0.5) is 0 Å². The van der Waals surface area contributed by atoms with Gasteiger partial charge in [-0.3, -0.25) is 19.2 Å². The lowest BCUT2D eigenvalue weighted by atomic mass is 10.1. The fourth-order valence-corrected chi connectivity index (χ4v) is 8.04. The third-order valence-electron chi connectivity index (χ3n) is 12.2. The van der Waals surface area contributed by atoms with Crippen molar-refractivity contribution in [2.24, 2.45) is 11.5 Å². The lowest BCUT2D eigenvalue weighted by Crippen LogP contribution is -2.47. The number of nitrogens with one attached hydrogen (secondary N) is 4. The molecule has 4 amide bonds. The van der Waals surface area contributed by atoms with Crippen LogP contribution in [0.25, 0.3) is 0 Å². The Kier molecular flexibility index (Phi) is 57.2. The number of carbonyl (C=O) groups is 4. The summed E-state index contributed by atoms with van der Waals surface area (Å²) in [6.45, 7) is 6.76. The molecular formula is C54H106Cl2N6O4. The highest BCUT2D eigenvalue weighted by atomic mass is 35.5. The molecule has 0 heterocycles. The van der Waals surface area contributed by atoms with Gasteiger partial charge < -0.3 is 32.7 Å². The minimum absolute atomic E-state index is 0. The highest BCUT2D eigenvalue weighted by Gasteiger charge is 2.21. The van der Waals surface area contributed by atoms with Crippen LogP contribution < -0.4 is 32.7 Å². The van der Waals surface area contributed by atoms with Crippen molar-refractivity contribution in [1.29, 1.82) is 0 Å². The van der Waals surface area contributed by atoms with E-state index in [0.717, 1.165) is 103 Å². The minimum atomic E-state index is -0.530. The van der Waals surface area contributed by atoms with Crippen LogP contribution in [0.1, 0.15) is 258 Å². The summed E-state index contributed by atoms with van der Waals surface area (Å²) in [5.74, 6) is -0.344. The molecule has 0 spiro atoms. The maximum absolute atomic E-state index is 13.1. The number of allylic oxidation sites excluding steroid dienone is 4. The van der Waals surface area contributed by atoms with E-state index in [2.05, 4.69) is 59.4 Å². The molecule has 0 aromatic carbocycles. The maximum atomic E-state index is 13.1. The molecule has 0 aromatic rings. The standard InChI is InChI=1S/C54H104N6O4.2ClH/c1-3-5-7-9-11-13-15-17-19-21-23-25-27-29-33-43-51(61)59-49(41-35-37-45-55)53(63)57-47-39-31-32-40-48-58-54(64)50(42-36-38-46-56)60-52(62)44-34-30-28-26-24-22-20-18-16-14-12-10-8-6-4-2;;/h17-20,49-50H,3-16,21-48,55-56H2,1-2H3,(H,57,63)(H,58,64)(H,59,61)(H,60,62);2*1H/b19-17-,20-18-;;. The summed E-state index contributed by atoms with van der Waals surface area (Å²) in [5.41, 5.74) is 11.4. The molecule has 66 heavy (non-hydrogen) atoms. The number of halogens is 2. The van der Waals surface area contributed by atoms with E-state index in [0.29, 0.717) is 51.9 Å². The lowest BCUT2D eigenvalue weighted by molar-refractivity contribution is -0.129. The molecule has 0 aliphatic rings. The first-order valence-electron chi connectivity index (χ1n) is 27.2. The number of unbranched alkanes of at least 4 members (excludes halogenated alkanes) is 27. The van der Waals surface area contributed by atoms with Gasteiger partial charge in [-0.2, -0.15) is 0 Å². The Morgan fingerprint density at radius 2 is 0.667 bits per heavy atom. The van der Waals surface area contributed by atoms with Gasteiger partial charge in [0.1, 0.15) is 12.1 Å². The average Bonchev–Trinajstić information content (AvgIpc) is 3.29. The molecular weight excluding hydrogens is 868 g/mol. The quantitative estimate of drug-likeness (QED) is 0.0262. The second kappa shape index (κ2) is 55.5. The van der Waals surface area contributed by atoms with Gasteiger partial charge in [0.15, 0.2) is 0 Å². The minimum Gasteiger partial charge on any atom is -0.354 e. The number of hydrogen-bond donors (Lipinski definition) is 6. The summed E-state index contributed by atoms with van der Waals surface area (Å²) in [4.78, 5) is 51.7. The second-order valence-electron chi connectivity index (χ2n) is 18.5. The first-order valence-corrected chi connectivity index (χ1v) is 27.2. The van der Waals surface area contributed by atoms with Gasteiger partial charge >= 0.3 is 0 Å². The molecule has 0 fully saturated rings. The summed E-state index contributed by atoms with van der Waals surface area (Å²) in [7, 11) is 0. The van der Waals surface area contributed by atoms with Gasteiger partial charge in [-0.15, -0.1) is 24.8 Å². The summed E-state index contributed by atoms with van der Waals surface area (Å²) < 4.78 is 0.